The number of rotatable bonds is 1. The van der Waals surface area contributed by atoms with Crippen LogP contribution < -0.4 is 0 Å². The predicted octanol–water partition coefficient (Wildman–Crippen LogP) is 3.09. The Bertz CT molecular complexity index is 648. The summed E-state index contributed by atoms with van der Waals surface area (Å²) < 4.78 is 15.2. The first-order valence-electron chi connectivity index (χ1n) is 6.13. The van der Waals surface area contributed by atoms with Gasteiger partial charge in [-0.3, -0.25) is 4.79 Å². The maximum absolute atomic E-state index is 15.2. The second-order valence-electron chi connectivity index (χ2n) is 4.90. The van der Waals surface area contributed by atoms with Crippen molar-refractivity contribution in [3.8, 4) is 0 Å². The Morgan fingerprint density at radius 2 is 1.74 bits per heavy atom. The number of ketones is 1. The highest BCUT2D eigenvalue weighted by Gasteiger charge is 2.54. The maximum Gasteiger partial charge on any atom is 0.228 e. The number of carbonyl (C=O) groups excluding carboxylic acids is 1. The Hall–Kier alpha value is -2.00. The van der Waals surface area contributed by atoms with E-state index in [0.29, 0.717) is 5.56 Å². The van der Waals surface area contributed by atoms with Gasteiger partial charge in [-0.1, -0.05) is 54.1 Å². The van der Waals surface area contributed by atoms with Gasteiger partial charge >= 0.3 is 0 Å². The number of benzene rings is 2. The van der Waals surface area contributed by atoms with E-state index in [-0.39, 0.29) is 11.1 Å². The number of hydrogen-bond donors (Lipinski definition) is 1. The normalized spacial score (nSPS) is 25.4. The third kappa shape index (κ3) is 1.55. The van der Waals surface area contributed by atoms with Crippen molar-refractivity contribution in [2.75, 3.05) is 0 Å². The lowest BCUT2D eigenvalue weighted by Gasteiger charge is -2.23. The van der Waals surface area contributed by atoms with Gasteiger partial charge in [-0.05, 0) is 18.1 Å². The molecular weight excluding hydrogens is 243 g/mol. The molecule has 2 atom stereocenters. The van der Waals surface area contributed by atoms with Gasteiger partial charge in [0.2, 0.25) is 11.5 Å². The van der Waals surface area contributed by atoms with Crippen LogP contribution in [0.5, 0.6) is 0 Å². The molecule has 0 saturated carbocycles. The molecule has 0 bridgehead atoms. The van der Waals surface area contributed by atoms with E-state index in [1.54, 1.807) is 48.5 Å². The largest absolute Gasteiger partial charge is 0.384 e. The summed E-state index contributed by atoms with van der Waals surface area (Å²) >= 11 is 0. The zero-order chi connectivity index (χ0) is 13.6. The molecule has 0 spiro atoms. The van der Waals surface area contributed by atoms with Crippen LogP contribution in [0, 0.1) is 6.92 Å². The van der Waals surface area contributed by atoms with Gasteiger partial charge in [0.05, 0.1) is 0 Å². The lowest BCUT2D eigenvalue weighted by molar-refractivity contribution is 0.00747. The molecule has 2 nitrogen and oxygen atoms in total. The van der Waals surface area contributed by atoms with Crippen molar-refractivity contribution < 1.29 is 14.3 Å². The topological polar surface area (TPSA) is 37.3 Å². The number of aliphatic hydroxyl groups excluding tert-OH is 1. The summed E-state index contributed by atoms with van der Waals surface area (Å²) in [4.78, 5) is 12.3. The van der Waals surface area contributed by atoms with E-state index in [0.717, 1.165) is 5.56 Å². The van der Waals surface area contributed by atoms with Crippen LogP contribution in [-0.4, -0.2) is 10.9 Å². The Morgan fingerprint density at radius 1 is 1.11 bits per heavy atom. The minimum Gasteiger partial charge on any atom is -0.384 e. The first kappa shape index (κ1) is 12.1. The molecule has 2 aromatic rings. The molecule has 0 radical (unpaired) electrons. The zero-order valence-corrected chi connectivity index (χ0v) is 10.4. The minimum atomic E-state index is -2.38. The van der Waals surface area contributed by atoms with Crippen LogP contribution in [0.4, 0.5) is 4.39 Å². The van der Waals surface area contributed by atoms with Crippen LogP contribution in [0.3, 0.4) is 0 Å². The fourth-order valence-corrected chi connectivity index (χ4v) is 2.56. The molecule has 0 saturated heterocycles. The van der Waals surface area contributed by atoms with Crippen molar-refractivity contribution in [2.45, 2.75) is 18.7 Å². The molecule has 0 aromatic heterocycles. The van der Waals surface area contributed by atoms with Gasteiger partial charge in [-0.25, -0.2) is 4.39 Å². The molecule has 0 heterocycles. The minimum absolute atomic E-state index is 0.201. The summed E-state index contributed by atoms with van der Waals surface area (Å²) in [6.07, 6.45) is -1.45. The first-order chi connectivity index (χ1) is 9.05. The predicted molar refractivity (Wildman–Crippen MR) is 69.7 cm³/mol. The standard InChI is InChI=1S/C16H13FO2/c1-10-6-8-11(9-7-10)16(17)14(18)12-4-2-3-5-13(12)15(16)19/h2-9,14,18H,1H3. The highest BCUT2D eigenvalue weighted by molar-refractivity contribution is 6.08. The van der Waals surface area contributed by atoms with E-state index in [4.69, 9.17) is 0 Å². The lowest BCUT2D eigenvalue weighted by atomic mass is 9.89. The molecule has 1 N–H and O–H groups in total. The SMILES string of the molecule is Cc1ccc(C2(F)C(=O)c3ccccc3C2O)cc1. The van der Waals surface area contributed by atoms with E-state index >= 15 is 4.39 Å². The fraction of sp³-hybridized carbons (Fsp3) is 0.188. The van der Waals surface area contributed by atoms with Crippen LogP contribution >= 0.6 is 0 Å². The van der Waals surface area contributed by atoms with Crippen LogP contribution in [0.1, 0.15) is 33.2 Å². The number of fused-ring (bicyclic) bond motifs is 1. The summed E-state index contributed by atoms with van der Waals surface area (Å²) in [5, 5.41) is 10.2. The average Bonchev–Trinajstić information content (AvgIpc) is 2.63. The quantitative estimate of drug-likeness (QED) is 0.851. The summed E-state index contributed by atoms with van der Waals surface area (Å²) in [5.41, 5.74) is -0.581. The van der Waals surface area contributed by atoms with Gasteiger partial charge in [-0.2, -0.15) is 0 Å². The average molecular weight is 256 g/mol. The third-order valence-electron chi connectivity index (χ3n) is 3.68. The molecule has 0 aliphatic heterocycles. The van der Waals surface area contributed by atoms with Gasteiger partial charge in [0.15, 0.2) is 0 Å². The second-order valence-corrected chi connectivity index (χ2v) is 4.90. The summed E-state index contributed by atoms with van der Waals surface area (Å²) in [7, 11) is 0. The molecule has 1 aliphatic carbocycles. The number of halogens is 1. The van der Waals surface area contributed by atoms with Crippen molar-refractivity contribution in [1.29, 1.82) is 0 Å². The van der Waals surface area contributed by atoms with Crippen LogP contribution in [0.15, 0.2) is 48.5 Å². The van der Waals surface area contributed by atoms with Gasteiger partial charge in [-0.15, -0.1) is 0 Å². The number of alkyl halides is 1. The van der Waals surface area contributed by atoms with E-state index in [2.05, 4.69) is 0 Å². The molecule has 2 unspecified atom stereocenters. The molecule has 96 valence electrons. The highest BCUT2D eigenvalue weighted by atomic mass is 19.1. The molecule has 3 heteroatoms. The Balaban J connectivity index is 2.16. The molecule has 19 heavy (non-hydrogen) atoms. The summed E-state index contributed by atoms with van der Waals surface area (Å²) in [5.74, 6) is -0.667. The van der Waals surface area contributed by atoms with E-state index in [1.165, 1.54) is 0 Å². The van der Waals surface area contributed by atoms with E-state index < -0.39 is 17.6 Å². The molecule has 2 aromatic carbocycles. The zero-order valence-electron chi connectivity index (χ0n) is 10.4. The summed E-state index contributed by atoms with van der Waals surface area (Å²) in [6, 6.07) is 13.1. The van der Waals surface area contributed by atoms with Crippen molar-refractivity contribution in [2.24, 2.45) is 0 Å². The smallest absolute Gasteiger partial charge is 0.228 e. The van der Waals surface area contributed by atoms with Crippen LogP contribution in [0.2, 0.25) is 0 Å². The first-order valence-corrected chi connectivity index (χ1v) is 6.13. The number of carbonyl (C=O) groups is 1. The number of Topliss-reactive ketones (excluding diaryl/α,β-unsaturated/α-hetero) is 1. The lowest BCUT2D eigenvalue weighted by Crippen LogP contribution is -2.31. The van der Waals surface area contributed by atoms with Crippen molar-refractivity contribution in [1.82, 2.24) is 0 Å². The maximum atomic E-state index is 15.2. The second kappa shape index (κ2) is 4.00. The third-order valence-corrected chi connectivity index (χ3v) is 3.68. The molecule has 1 aliphatic rings. The number of aryl methyl sites for hydroxylation is 1. The van der Waals surface area contributed by atoms with Gasteiger partial charge in [0, 0.05) is 5.56 Å². The fourth-order valence-electron chi connectivity index (χ4n) is 2.56. The Morgan fingerprint density at radius 3 is 2.37 bits per heavy atom. The Kier molecular flexibility index (Phi) is 2.54. The molecule has 3 rings (SSSR count). The molecule has 0 amide bonds. The van der Waals surface area contributed by atoms with Crippen molar-refractivity contribution >= 4 is 5.78 Å². The highest BCUT2D eigenvalue weighted by Crippen LogP contribution is 2.48. The van der Waals surface area contributed by atoms with E-state index in [1.807, 2.05) is 6.92 Å². The van der Waals surface area contributed by atoms with Crippen LogP contribution in [0.25, 0.3) is 0 Å². The van der Waals surface area contributed by atoms with Gasteiger partial charge in [0.25, 0.3) is 0 Å². The van der Waals surface area contributed by atoms with Crippen molar-refractivity contribution in [3.63, 3.8) is 0 Å². The monoisotopic (exact) mass is 256 g/mol. The van der Waals surface area contributed by atoms with E-state index in [9.17, 15) is 9.90 Å². The van der Waals surface area contributed by atoms with Gasteiger partial charge in [0.1, 0.15) is 6.10 Å². The molecular formula is C16H13FO2. The number of hydrogen-bond acceptors (Lipinski definition) is 2. The Labute approximate surface area is 110 Å². The summed E-state index contributed by atoms with van der Waals surface area (Å²) in [6.45, 7) is 1.89. The van der Waals surface area contributed by atoms with Gasteiger partial charge < -0.3 is 5.11 Å². The van der Waals surface area contributed by atoms with Crippen LogP contribution in [-0.2, 0) is 5.67 Å². The molecule has 0 fully saturated rings. The number of aliphatic hydroxyl groups is 1. The van der Waals surface area contributed by atoms with Crippen molar-refractivity contribution in [3.05, 3.63) is 70.8 Å².